The summed E-state index contributed by atoms with van der Waals surface area (Å²) >= 11 is 0. The first kappa shape index (κ1) is 23.1. The Hall–Kier alpha value is -5.67. The smallest absolute Gasteiger partial charge is 0.181 e. The number of rotatable bonds is 3. The van der Waals surface area contributed by atoms with E-state index in [0.29, 0.717) is 0 Å². The summed E-state index contributed by atoms with van der Waals surface area (Å²) in [5, 5.41) is 9.66. The molecular formula is C39H24N2O. The molecule has 0 amide bonds. The van der Waals surface area contributed by atoms with Crippen molar-refractivity contribution in [1.82, 2.24) is 9.55 Å². The molecule has 0 radical (unpaired) electrons. The van der Waals surface area contributed by atoms with E-state index in [1.54, 1.807) is 0 Å². The molecule has 7 aromatic carbocycles. The van der Waals surface area contributed by atoms with Crippen LogP contribution in [0.15, 0.2) is 150 Å². The summed E-state index contributed by atoms with van der Waals surface area (Å²) in [6, 6.07) is 48.1. The molecule has 2 heterocycles. The highest BCUT2D eigenvalue weighted by Gasteiger charge is 2.21. The molecule has 3 heteroatoms. The lowest BCUT2D eigenvalue weighted by atomic mass is 9.86. The quantitative estimate of drug-likeness (QED) is 0.210. The van der Waals surface area contributed by atoms with E-state index in [2.05, 4.69) is 143 Å². The third-order valence-electron chi connectivity index (χ3n) is 8.60. The highest BCUT2D eigenvalue weighted by Crippen LogP contribution is 2.46. The number of benzene rings is 7. The van der Waals surface area contributed by atoms with Crippen molar-refractivity contribution in [3.05, 3.63) is 146 Å². The molecule has 0 atom stereocenters. The van der Waals surface area contributed by atoms with Gasteiger partial charge in [0.05, 0.1) is 22.9 Å². The van der Waals surface area contributed by atoms with Crippen LogP contribution in [0.5, 0.6) is 0 Å². The zero-order chi connectivity index (χ0) is 27.6. The van der Waals surface area contributed by atoms with E-state index in [1.165, 1.54) is 66.6 Å². The molecule has 0 saturated heterocycles. The number of fused-ring (bicyclic) bond motifs is 6. The van der Waals surface area contributed by atoms with Gasteiger partial charge in [-0.3, -0.25) is 0 Å². The summed E-state index contributed by atoms with van der Waals surface area (Å²) in [5.41, 5.74) is 7.13. The first-order chi connectivity index (χ1) is 20.9. The van der Waals surface area contributed by atoms with Crippen LogP contribution in [0.1, 0.15) is 0 Å². The van der Waals surface area contributed by atoms with Gasteiger partial charge in [0.2, 0.25) is 0 Å². The fourth-order valence-corrected chi connectivity index (χ4v) is 6.90. The minimum Gasteiger partial charge on any atom is -0.443 e. The SMILES string of the molecule is c1ccc2c(-n3c4ccccc4c4ccccc43)ccc(-c3c4ccccc4c(-c4cnco4)c4ccccc34)c2c1. The van der Waals surface area contributed by atoms with Gasteiger partial charge in [0.25, 0.3) is 0 Å². The number of hydrogen-bond acceptors (Lipinski definition) is 2. The maximum atomic E-state index is 5.87. The van der Waals surface area contributed by atoms with Crippen molar-refractivity contribution >= 4 is 54.1 Å². The topological polar surface area (TPSA) is 31.0 Å². The van der Waals surface area contributed by atoms with Gasteiger partial charge in [0.1, 0.15) is 0 Å². The summed E-state index contributed by atoms with van der Waals surface area (Å²) in [7, 11) is 0. The lowest BCUT2D eigenvalue weighted by molar-refractivity contribution is 0.573. The Labute approximate surface area is 241 Å². The molecule has 9 aromatic rings. The molecule has 0 N–H and O–H groups in total. The maximum Gasteiger partial charge on any atom is 0.181 e. The largest absolute Gasteiger partial charge is 0.443 e. The van der Waals surface area contributed by atoms with Gasteiger partial charge in [-0.1, -0.05) is 115 Å². The zero-order valence-corrected chi connectivity index (χ0v) is 22.7. The van der Waals surface area contributed by atoms with Crippen molar-refractivity contribution in [3.8, 4) is 28.1 Å². The zero-order valence-electron chi connectivity index (χ0n) is 22.7. The molecule has 0 bridgehead atoms. The van der Waals surface area contributed by atoms with E-state index in [0.717, 1.165) is 22.1 Å². The summed E-state index contributed by atoms with van der Waals surface area (Å²) in [5.74, 6) is 0.778. The lowest BCUT2D eigenvalue weighted by Gasteiger charge is -2.19. The third kappa shape index (κ3) is 3.19. The molecule has 0 aliphatic heterocycles. The molecule has 42 heavy (non-hydrogen) atoms. The van der Waals surface area contributed by atoms with Crippen LogP contribution in [0.25, 0.3) is 82.3 Å². The predicted octanol–water partition coefficient (Wildman–Crippen LogP) is 10.6. The first-order valence-corrected chi connectivity index (χ1v) is 14.2. The van der Waals surface area contributed by atoms with Crippen molar-refractivity contribution < 1.29 is 4.42 Å². The Bertz CT molecular complexity index is 2360. The second-order valence-corrected chi connectivity index (χ2v) is 10.8. The summed E-state index contributed by atoms with van der Waals surface area (Å²) in [6.45, 7) is 0. The molecule has 0 aliphatic carbocycles. The van der Waals surface area contributed by atoms with Crippen LogP contribution in [0.4, 0.5) is 0 Å². The van der Waals surface area contributed by atoms with E-state index in [1.807, 2.05) is 6.20 Å². The van der Waals surface area contributed by atoms with Crippen molar-refractivity contribution in [2.45, 2.75) is 0 Å². The molecule has 0 fully saturated rings. The average Bonchev–Trinajstić information content (AvgIpc) is 3.70. The Balaban J connectivity index is 1.41. The van der Waals surface area contributed by atoms with Crippen LogP contribution >= 0.6 is 0 Å². The van der Waals surface area contributed by atoms with Crippen LogP contribution < -0.4 is 0 Å². The number of para-hydroxylation sites is 2. The van der Waals surface area contributed by atoms with Gasteiger partial charge in [-0.05, 0) is 56.3 Å². The fraction of sp³-hybridized carbons (Fsp3) is 0. The van der Waals surface area contributed by atoms with Gasteiger partial charge in [0, 0.05) is 21.7 Å². The molecular weight excluding hydrogens is 512 g/mol. The molecule has 0 spiro atoms. The van der Waals surface area contributed by atoms with E-state index in [9.17, 15) is 0 Å². The van der Waals surface area contributed by atoms with E-state index < -0.39 is 0 Å². The van der Waals surface area contributed by atoms with E-state index in [-0.39, 0.29) is 0 Å². The van der Waals surface area contributed by atoms with Gasteiger partial charge < -0.3 is 8.98 Å². The standard InChI is InChI=1S/C39H24N2O/c1-2-12-26-25(11-1)33(21-22-36(26)41-34-19-9-7-13-27(34)28-14-8-10-20-35(28)41)38-29-15-3-5-17-31(29)39(37-23-40-24-42-37)32-18-6-4-16-30(32)38/h1-24H. The molecule has 3 nitrogen and oxygen atoms in total. The number of aromatic nitrogens is 2. The summed E-state index contributed by atoms with van der Waals surface area (Å²) < 4.78 is 8.28. The molecule has 196 valence electrons. The van der Waals surface area contributed by atoms with Gasteiger partial charge >= 0.3 is 0 Å². The Kier molecular flexibility index (Phi) is 4.90. The maximum absolute atomic E-state index is 5.87. The highest BCUT2D eigenvalue weighted by molar-refractivity contribution is 6.23. The van der Waals surface area contributed by atoms with Crippen LogP contribution in [0.3, 0.4) is 0 Å². The molecule has 9 rings (SSSR count). The van der Waals surface area contributed by atoms with Crippen LogP contribution in [0, 0.1) is 0 Å². The Morgan fingerprint density at radius 2 is 0.905 bits per heavy atom. The normalized spacial score (nSPS) is 11.8. The lowest BCUT2D eigenvalue weighted by Crippen LogP contribution is -1.97. The van der Waals surface area contributed by atoms with Crippen LogP contribution in [-0.4, -0.2) is 9.55 Å². The Morgan fingerprint density at radius 1 is 0.429 bits per heavy atom. The van der Waals surface area contributed by atoms with Crippen LogP contribution in [0.2, 0.25) is 0 Å². The van der Waals surface area contributed by atoms with Crippen molar-refractivity contribution in [2.24, 2.45) is 0 Å². The second-order valence-electron chi connectivity index (χ2n) is 10.8. The number of hydrogen-bond donors (Lipinski definition) is 0. The number of nitrogens with zero attached hydrogens (tertiary/aromatic N) is 2. The van der Waals surface area contributed by atoms with Gasteiger partial charge in [-0.25, -0.2) is 4.98 Å². The minimum atomic E-state index is 0.778. The third-order valence-corrected chi connectivity index (χ3v) is 8.60. The minimum absolute atomic E-state index is 0.778. The van der Waals surface area contributed by atoms with Crippen molar-refractivity contribution in [3.63, 3.8) is 0 Å². The number of oxazole rings is 1. The van der Waals surface area contributed by atoms with Crippen molar-refractivity contribution in [1.29, 1.82) is 0 Å². The van der Waals surface area contributed by atoms with Crippen molar-refractivity contribution in [2.75, 3.05) is 0 Å². The van der Waals surface area contributed by atoms with Gasteiger partial charge in [-0.15, -0.1) is 0 Å². The molecule has 0 saturated carbocycles. The summed E-state index contributed by atoms with van der Waals surface area (Å²) in [6.07, 6.45) is 3.32. The monoisotopic (exact) mass is 536 g/mol. The van der Waals surface area contributed by atoms with Gasteiger partial charge in [0.15, 0.2) is 12.2 Å². The molecule has 0 aliphatic rings. The molecule has 0 unspecified atom stereocenters. The van der Waals surface area contributed by atoms with E-state index >= 15 is 0 Å². The predicted molar refractivity (Wildman–Crippen MR) is 174 cm³/mol. The summed E-state index contributed by atoms with van der Waals surface area (Å²) in [4.78, 5) is 4.24. The van der Waals surface area contributed by atoms with E-state index in [4.69, 9.17) is 4.42 Å². The van der Waals surface area contributed by atoms with Crippen LogP contribution in [-0.2, 0) is 0 Å². The molecule has 2 aromatic heterocycles. The Morgan fingerprint density at radius 3 is 1.45 bits per heavy atom. The average molecular weight is 537 g/mol. The second kappa shape index (κ2) is 8.92. The fourth-order valence-electron chi connectivity index (χ4n) is 6.90. The highest BCUT2D eigenvalue weighted by atomic mass is 16.3. The van der Waals surface area contributed by atoms with Gasteiger partial charge in [-0.2, -0.15) is 0 Å². The first-order valence-electron chi connectivity index (χ1n) is 14.2.